The van der Waals surface area contributed by atoms with E-state index in [0.29, 0.717) is 5.69 Å². The van der Waals surface area contributed by atoms with Gasteiger partial charge in [-0.25, -0.2) is 4.79 Å². The van der Waals surface area contributed by atoms with Gasteiger partial charge in [-0.2, -0.15) is 4.99 Å². The summed E-state index contributed by atoms with van der Waals surface area (Å²) in [6.07, 6.45) is 1.49. The summed E-state index contributed by atoms with van der Waals surface area (Å²) in [5.41, 5.74) is 0.618. The van der Waals surface area contributed by atoms with Crippen LogP contribution in [0.2, 0.25) is 0 Å². The minimum absolute atomic E-state index is 0.618. The predicted octanol–water partition coefficient (Wildman–Crippen LogP) is 3.02. The van der Waals surface area contributed by atoms with Gasteiger partial charge in [-0.1, -0.05) is 6.07 Å². The highest BCUT2D eigenvalue weighted by atomic mass is 127. The lowest BCUT2D eigenvalue weighted by molar-refractivity contribution is 0.565. The van der Waals surface area contributed by atoms with Crippen molar-refractivity contribution >= 4 is 50.3 Å². The quantitative estimate of drug-likeness (QED) is 0.444. The van der Waals surface area contributed by atoms with Gasteiger partial charge in [0.15, 0.2) is 0 Å². The number of hydrogen-bond acceptors (Lipinski definition) is 2. The van der Waals surface area contributed by atoms with E-state index in [2.05, 4.69) is 43.5 Å². The molecular weight excluding hydrogens is 321 g/mol. The molecule has 0 aliphatic heterocycles. The highest BCUT2D eigenvalue weighted by Crippen LogP contribution is 2.29. The van der Waals surface area contributed by atoms with Gasteiger partial charge in [-0.05, 0) is 50.7 Å². The van der Waals surface area contributed by atoms with Crippen LogP contribution in [-0.2, 0) is 4.79 Å². The van der Waals surface area contributed by atoms with Crippen LogP contribution in [0, 0.1) is 3.57 Å². The first-order valence-electron chi connectivity index (χ1n) is 2.77. The fraction of sp³-hybridized carbons (Fsp3) is 0. The molecule has 2 nitrogen and oxygen atoms in total. The molecule has 0 heterocycles. The van der Waals surface area contributed by atoms with Gasteiger partial charge in [0.05, 0.1) is 10.2 Å². The zero-order valence-corrected chi connectivity index (χ0v) is 9.09. The van der Waals surface area contributed by atoms with Gasteiger partial charge in [0.1, 0.15) is 0 Å². The van der Waals surface area contributed by atoms with E-state index >= 15 is 0 Å². The standard InChI is InChI=1S/C7H3BrINO/c8-7-5(9)2-1-3-6(7)10-4-11/h1-3H. The number of benzene rings is 1. The summed E-state index contributed by atoms with van der Waals surface area (Å²) in [5, 5.41) is 0. The fourth-order valence-electron chi connectivity index (χ4n) is 0.628. The second kappa shape index (κ2) is 3.99. The lowest BCUT2D eigenvalue weighted by Crippen LogP contribution is -1.73. The molecule has 0 bridgehead atoms. The third kappa shape index (κ3) is 2.12. The van der Waals surface area contributed by atoms with E-state index in [9.17, 15) is 4.79 Å². The molecule has 0 N–H and O–H groups in total. The van der Waals surface area contributed by atoms with E-state index in [1.807, 2.05) is 12.1 Å². The van der Waals surface area contributed by atoms with E-state index < -0.39 is 0 Å². The van der Waals surface area contributed by atoms with E-state index in [1.165, 1.54) is 6.08 Å². The van der Waals surface area contributed by atoms with E-state index in [-0.39, 0.29) is 0 Å². The summed E-state index contributed by atoms with van der Waals surface area (Å²) in [6, 6.07) is 5.51. The maximum atomic E-state index is 9.92. The van der Waals surface area contributed by atoms with Gasteiger partial charge in [-0.3, -0.25) is 0 Å². The highest BCUT2D eigenvalue weighted by molar-refractivity contribution is 14.1. The van der Waals surface area contributed by atoms with Crippen molar-refractivity contribution in [2.45, 2.75) is 0 Å². The summed E-state index contributed by atoms with van der Waals surface area (Å²) in [7, 11) is 0. The third-order valence-corrected chi connectivity index (χ3v) is 3.57. The number of carbonyl (C=O) groups excluding carboxylic acids is 1. The molecule has 0 saturated carbocycles. The molecule has 0 amide bonds. The summed E-state index contributed by atoms with van der Waals surface area (Å²) in [5.74, 6) is 0. The maximum absolute atomic E-state index is 9.92. The summed E-state index contributed by atoms with van der Waals surface area (Å²) >= 11 is 5.45. The lowest BCUT2D eigenvalue weighted by atomic mass is 10.3. The number of isocyanates is 1. The van der Waals surface area contributed by atoms with Crippen LogP contribution in [0.1, 0.15) is 0 Å². The van der Waals surface area contributed by atoms with Crippen LogP contribution in [0.3, 0.4) is 0 Å². The minimum Gasteiger partial charge on any atom is -0.211 e. The van der Waals surface area contributed by atoms with Crippen molar-refractivity contribution in [1.29, 1.82) is 0 Å². The Kier molecular flexibility index (Phi) is 3.23. The van der Waals surface area contributed by atoms with Crippen molar-refractivity contribution < 1.29 is 4.79 Å². The molecule has 0 radical (unpaired) electrons. The average molecular weight is 324 g/mol. The topological polar surface area (TPSA) is 29.4 Å². The zero-order valence-electron chi connectivity index (χ0n) is 5.34. The Morgan fingerprint density at radius 2 is 2.27 bits per heavy atom. The van der Waals surface area contributed by atoms with Crippen molar-refractivity contribution in [3.8, 4) is 0 Å². The molecule has 4 heteroatoms. The van der Waals surface area contributed by atoms with Crippen molar-refractivity contribution in [2.75, 3.05) is 0 Å². The van der Waals surface area contributed by atoms with Gasteiger partial charge in [0.25, 0.3) is 0 Å². The second-order valence-corrected chi connectivity index (χ2v) is 3.73. The van der Waals surface area contributed by atoms with Gasteiger partial charge in [-0.15, -0.1) is 0 Å². The molecule has 0 spiro atoms. The average Bonchev–Trinajstić information content (AvgIpc) is 1.99. The first-order chi connectivity index (χ1) is 5.25. The van der Waals surface area contributed by atoms with Crippen LogP contribution >= 0.6 is 38.5 Å². The maximum Gasteiger partial charge on any atom is 0.240 e. The molecule has 0 saturated heterocycles. The third-order valence-electron chi connectivity index (χ3n) is 1.10. The Morgan fingerprint density at radius 3 is 2.91 bits per heavy atom. The normalized spacial score (nSPS) is 8.91. The van der Waals surface area contributed by atoms with Crippen LogP contribution in [0.4, 0.5) is 5.69 Å². The number of halogens is 2. The van der Waals surface area contributed by atoms with Crippen LogP contribution in [0.5, 0.6) is 0 Å². The largest absolute Gasteiger partial charge is 0.240 e. The molecule has 0 atom stereocenters. The number of rotatable bonds is 1. The molecule has 0 fully saturated rings. The van der Waals surface area contributed by atoms with Crippen LogP contribution in [0.25, 0.3) is 0 Å². The molecule has 0 aliphatic rings. The van der Waals surface area contributed by atoms with Crippen molar-refractivity contribution in [3.63, 3.8) is 0 Å². The Morgan fingerprint density at radius 1 is 1.55 bits per heavy atom. The first kappa shape index (κ1) is 8.90. The monoisotopic (exact) mass is 323 g/mol. The van der Waals surface area contributed by atoms with Crippen molar-refractivity contribution in [3.05, 3.63) is 26.2 Å². The first-order valence-corrected chi connectivity index (χ1v) is 4.65. The highest BCUT2D eigenvalue weighted by Gasteiger charge is 2.00. The Hall–Kier alpha value is -0.190. The van der Waals surface area contributed by atoms with Gasteiger partial charge in [0, 0.05) is 3.57 Å². The lowest BCUT2D eigenvalue weighted by Gasteiger charge is -1.96. The zero-order chi connectivity index (χ0) is 8.27. The Labute approximate surface area is 86.0 Å². The number of hydrogen-bond donors (Lipinski definition) is 0. The number of nitrogens with zero attached hydrogens (tertiary/aromatic N) is 1. The van der Waals surface area contributed by atoms with E-state index in [1.54, 1.807) is 6.07 Å². The smallest absolute Gasteiger partial charge is 0.211 e. The molecule has 56 valence electrons. The summed E-state index contributed by atoms with van der Waals surface area (Å²) < 4.78 is 1.86. The van der Waals surface area contributed by atoms with Crippen LogP contribution in [0.15, 0.2) is 27.7 Å². The summed E-state index contributed by atoms with van der Waals surface area (Å²) in [6.45, 7) is 0. The Balaban J connectivity index is 3.26. The van der Waals surface area contributed by atoms with Crippen LogP contribution in [-0.4, -0.2) is 6.08 Å². The van der Waals surface area contributed by atoms with E-state index in [0.717, 1.165) is 8.04 Å². The molecule has 1 aromatic carbocycles. The van der Waals surface area contributed by atoms with E-state index in [4.69, 9.17) is 0 Å². The van der Waals surface area contributed by atoms with Crippen LogP contribution < -0.4 is 0 Å². The number of aliphatic imine (C=N–C) groups is 1. The molecular formula is C7H3BrINO. The molecule has 1 rings (SSSR count). The van der Waals surface area contributed by atoms with Crippen molar-refractivity contribution in [2.24, 2.45) is 4.99 Å². The molecule has 11 heavy (non-hydrogen) atoms. The molecule has 0 aliphatic carbocycles. The Bertz CT molecular complexity index is 320. The SMILES string of the molecule is O=C=Nc1cccc(I)c1Br. The molecule has 0 aromatic heterocycles. The molecule has 1 aromatic rings. The van der Waals surface area contributed by atoms with Gasteiger partial charge >= 0.3 is 0 Å². The minimum atomic E-state index is 0.618. The second-order valence-electron chi connectivity index (χ2n) is 1.78. The fourth-order valence-corrected chi connectivity index (χ4v) is 1.46. The summed E-state index contributed by atoms with van der Waals surface area (Å²) in [4.78, 5) is 13.4. The van der Waals surface area contributed by atoms with Crippen molar-refractivity contribution in [1.82, 2.24) is 0 Å². The molecule has 0 unspecified atom stereocenters. The van der Waals surface area contributed by atoms with Gasteiger partial charge in [0.2, 0.25) is 6.08 Å². The van der Waals surface area contributed by atoms with Gasteiger partial charge < -0.3 is 0 Å². The predicted molar refractivity (Wildman–Crippen MR) is 54.6 cm³/mol.